The Morgan fingerprint density at radius 3 is 2.72 bits per heavy atom. The van der Waals surface area contributed by atoms with Crippen molar-refractivity contribution in [3.8, 4) is 0 Å². The van der Waals surface area contributed by atoms with Crippen LogP contribution in [-0.2, 0) is 4.79 Å². The number of nitrogens with zero attached hydrogens (tertiary/aromatic N) is 1. The van der Waals surface area contributed by atoms with Crippen LogP contribution < -0.4 is 10.6 Å². The Bertz CT molecular complexity index is 276. The first-order valence-electron chi connectivity index (χ1n) is 7.39. The number of hydrogen-bond acceptors (Lipinski definition) is 3. The van der Waals surface area contributed by atoms with Crippen molar-refractivity contribution in [2.45, 2.75) is 39.2 Å². The minimum absolute atomic E-state index is 0.211. The van der Waals surface area contributed by atoms with Gasteiger partial charge in [0.2, 0.25) is 5.91 Å². The second-order valence-electron chi connectivity index (χ2n) is 5.97. The third kappa shape index (κ3) is 3.69. The van der Waals surface area contributed by atoms with Gasteiger partial charge in [0.15, 0.2) is 0 Å². The third-order valence-corrected chi connectivity index (χ3v) is 4.63. The highest BCUT2D eigenvalue weighted by atomic mass is 16.2. The molecule has 0 aromatic heterocycles. The zero-order valence-electron chi connectivity index (χ0n) is 11.7. The Balaban J connectivity index is 1.75. The van der Waals surface area contributed by atoms with E-state index in [9.17, 15) is 4.79 Å². The van der Waals surface area contributed by atoms with Crippen LogP contribution in [0.3, 0.4) is 0 Å². The van der Waals surface area contributed by atoms with Crippen LogP contribution in [-0.4, -0.2) is 49.6 Å². The molecule has 1 amide bonds. The largest absolute Gasteiger partial charge is 0.352 e. The Morgan fingerprint density at radius 2 is 2.00 bits per heavy atom. The van der Waals surface area contributed by atoms with Crippen molar-refractivity contribution in [1.29, 1.82) is 0 Å². The maximum Gasteiger partial charge on any atom is 0.234 e. The monoisotopic (exact) mass is 253 g/mol. The zero-order chi connectivity index (χ0) is 13.0. The SMILES string of the molecule is CC1CCCC(NC(=O)CN2CCNCC2)C1C. The lowest BCUT2D eigenvalue weighted by Gasteiger charge is -2.35. The van der Waals surface area contributed by atoms with Gasteiger partial charge >= 0.3 is 0 Å². The molecule has 2 aliphatic rings. The molecule has 1 saturated carbocycles. The van der Waals surface area contributed by atoms with Crippen LogP contribution in [0.2, 0.25) is 0 Å². The lowest BCUT2D eigenvalue weighted by molar-refractivity contribution is -0.123. The van der Waals surface area contributed by atoms with E-state index in [1.807, 2.05) is 0 Å². The molecule has 3 unspecified atom stereocenters. The number of rotatable bonds is 3. The summed E-state index contributed by atoms with van der Waals surface area (Å²) in [6.07, 6.45) is 3.72. The number of hydrogen-bond donors (Lipinski definition) is 2. The maximum absolute atomic E-state index is 12.1. The lowest BCUT2D eigenvalue weighted by atomic mass is 9.78. The molecule has 0 aromatic rings. The van der Waals surface area contributed by atoms with Gasteiger partial charge in [0.05, 0.1) is 6.54 Å². The zero-order valence-corrected chi connectivity index (χ0v) is 11.7. The average Bonchev–Trinajstić information content (AvgIpc) is 2.36. The molecule has 18 heavy (non-hydrogen) atoms. The van der Waals surface area contributed by atoms with Crippen LogP contribution in [0.4, 0.5) is 0 Å². The fourth-order valence-corrected chi connectivity index (χ4v) is 3.11. The van der Waals surface area contributed by atoms with Gasteiger partial charge in [-0.3, -0.25) is 9.69 Å². The normalized spacial score (nSPS) is 34.2. The van der Waals surface area contributed by atoms with E-state index in [1.54, 1.807) is 0 Å². The highest BCUT2D eigenvalue weighted by molar-refractivity contribution is 5.78. The average molecular weight is 253 g/mol. The van der Waals surface area contributed by atoms with Crippen molar-refractivity contribution >= 4 is 5.91 Å². The number of carbonyl (C=O) groups excluding carboxylic acids is 1. The number of nitrogens with one attached hydrogen (secondary N) is 2. The molecular formula is C14H27N3O. The molecule has 1 aliphatic heterocycles. The van der Waals surface area contributed by atoms with Crippen molar-refractivity contribution in [1.82, 2.24) is 15.5 Å². The number of piperazine rings is 1. The Labute approximate surface area is 110 Å². The van der Waals surface area contributed by atoms with Crippen molar-refractivity contribution in [2.24, 2.45) is 11.8 Å². The molecule has 2 fully saturated rings. The fraction of sp³-hybridized carbons (Fsp3) is 0.929. The summed E-state index contributed by atoms with van der Waals surface area (Å²) in [5.74, 6) is 1.57. The van der Waals surface area contributed by atoms with E-state index in [2.05, 4.69) is 29.4 Å². The molecule has 4 nitrogen and oxygen atoms in total. The standard InChI is InChI=1S/C14H27N3O/c1-11-4-3-5-13(12(11)2)16-14(18)10-17-8-6-15-7-9-17/h11-13,15H,3-10H2,1-2H3,(H,16,18). The van der Waals surface area contributed by atoms with E-state index in [0.717, 1.165) is 38.5 Å². The second kappa shape index (κ2) is 6.53. The summed E-state index contributed by atoms with van der Waals surface area (Å²) in [5.41, 5.74) is 0. The second-order valence-corrected chi connectivity index (χ2v) is 5.97. The van der Waals surface area contributed by atoms with Gasteiger partial charge in [-0.1, -0.05) is 26.7 Å². The molecule has 0 bridgehead atoms. The highest BCUT2D eigenvalue weighted by Crippen LogP contribution is 2.29. The summed E-state index contributed by atoms with van der Waals surface area (Å²) in [4.78, 5) is 14.3. The number of amides is 1. The first-order chi connectivity index (χ1) is 8.66. The quantitative estimate of drug-likeness (QED) is 0.783. The molecule has 3 atom stereocenters. The van der Waals surface area contributed by atoms with Gasteiger partial charge in [-0.2, -0.15) is 0 Å². The topological polar surface area (TPSA) is 44.4 Å². The summed E-state index contributed by atoms with van der Waals surface area (Å²) in [7, 11) is 0. The van der Waals surface area contributed by atoms with E-state index in [1.165, 1.54) is 12.8 Å². The summed E-state index contributed by atoms with van der Waals surface area (Å²) in [5, 5.41) is 6.55. The van der Waals surface area contributed by atoms with Crippen LogP contribution >= 0.6 is 0 Å². The summed E-state index contributed by atoms with van der Waals surface area (Å²) in [6, 6.07) is 0.393. The first-order valence-corrected chi connectivity index (χ1v) is 7.39. The molecule has 4 heteroatoms. The smallest absolute Gasteiger partial charge is 0.234 e. The molecule has 0 aromatic carbocycles. The van der Waals surface area contributed by atoms with Gasteiger partial charge in [0.1, 0.15) is 0 Å². The summed E-state index contributed by atoms with van der Waals surface area (Å²) < 4.78 is 0. The molecule has 1 aliphatic carbocycles. The maximum atomic E-state index is 12.1. The lowest BCUT2D eigenvalue weighted by Crippen LogP contribution is -2.51. The van der Waals surface area contributed by atoms with Crippen molar-refractivity contribution in [3.05, 3.63) is 0 Å². The fourth-order valence-electron chi connectivity index (χ4n) is 3.11. The predicted octanol–water partition coefficient (Wildman–Crippen LogP) is 0.833. The van der Waals surface area contributed by atoms with Crippen molar-refractivity contribution in [2.75, 3.05) is 32.7 Å². The summed E-state index contributed by atoms with van der Waals surface area (Å²) in [6.45, 7) is 9.14. The van der Waals surface area contributed by atoms with E-state index < -0.39 is 0 Å². The third-order valence-electron chi connectivity index (χ3n) is 4.63. The molecule has 2 N–H and O–H groups in total. The molecule has 1 heterocycles. The van der Waals surface area contributed by atoms with Gasteiger partial charge < -0.3 is 10.6 Å². The van der Waals surface area contributed by atoms with E-state index in [4.69, 9.17) is 0 Å². The van der Waals surface area contributed by atoms with Gasteiger partial charge in [0.25, 0.3) is 0 Å². The minimum Gasteiger partial charge on any atom is -0.352 e. The molecule has 104 valence electrons. The van der Waals surface area contributed by atoms with E-state index in [0.29, 0.717) is 18.5 Å². The minimum atomic E-state index is 0.211. The Hall–Kier alpha value is -0.610. The first kappa shape index (κ1) is 13.8. The van der Waals surface area contributed by atoms with Crippen LogP contribution in [0.1, 0.15) is 33.1 Å². The van der Waals surface area contributed by atoms with Gasteiger partial charge in [0, 0.05) is 32.2 Å². The van der Waals surface area contributed by atoms with Gasteiger partial charge in [-0.25, -0.2) is 0 Å². The molecular weight excluding hydrogens is 226 g/mol. The Morgan fingerprint density at radius 1 is 1.28 bits per heavy atom. The predicted molar refractivity (Wildman–Crippen MR) is 73.4 cm³/mol. The van der Waals surface area contributed by atoms with Gasteiger partial charge in [-0.15, -0.1) is 0 Å². The summed E-state index contributed by atoms with van der Waals surface area (Å²) >= 11 is 0. The van der Waals surface area contributed by atoms with Crippen LogP contribution in [0.25, 0.3) is 0 Å². The van der Waals surface area contributed by atoms with Gasteiger partial charge in [-0.05, 0) is 18.3 Å². The van der Waals surface area contributed by atoms with E-state index in [-0.39, 0.29) is 5.91 Å². The van der Waals surface area contributed by atoms with Crippen molar-refractivity contribution < 1.29 is 4.79 Å². The van der Waals surface area contributed by atoms with E-state index >= 15 is 0 Å². The van der Waals surface area contributed by atoms with Crippen LogP contribution in [0.5, 0.6) is 0 Å². The highest BCUT2D eigenvalue weighted by Gasteiger charge is 2.28. The van der Waals surface area contributed by atoms with Crippen molar-refractivity contribution in [3.63, 3.8) is 0 Å². The van der Waals surface area contributed by atoms with Crippen LogP contribution in [0, 0.1) is 11.8 Å². The molecule has 2 rings (SSSR count). The Kier molecular flexibility index (Phi) is 5.01. The van der Waals surface area contributed by atoms with Crippen LogP contribution in [0.15, 0.2) is 0 Å². The molecule has 0 radical (unpaired) electrons. The number of carbonyl (C=O) groups is 1. The molecule has 1 saturated heterocycles. The molecule has 0 spiro atoms.